The Morgan fingerprint density at radius 1 is 1.30 bits per heavy atom. The Morgan fingerprint density at radius 2 is 2.09 bits per heavy atom. The van der Waals surface area contributed by atoms with Gasteiger partial charge in [0.25, 0.3) is 0 Å². The van der Waals surface area contributed by atoms with Gasteiger partial charge in [0, 0.05) is 5.56 Å². The molecule has 0 saturated carbocycles. The molecule has 0 radical (unpaired) electrons. The Bertz CT molecular complexity index is 745. The van der Waals surface area contributed by atoms with Crippen molar-refractivity contribution in [1.82, 2.24) is 21.0 Å². The first kappa shape index (κ1) is 15.9. The maximum atomic E-state index is 12.3. The van der Waals surface area contributed by atoms with Crippen LogP contribution in [0.4, 0.5) is 5.13 Å². The van der Waals surface area contributed by atoms with Crippen molar-refractivity contribution in [3.63, 3.8) is 0 Å². The van der Waals surface area contributed by atoms with Crippen LogP contribution < -0.4 is 16.2 Å². The highest BCUT2D eigenvalue weighted by Gasteiger charge is 2.32. The zero-order valence-corrected chi connectivity index (χ0v) is 14.0. The first-order valence-corrected chi connectivity index (χ1v) is 8.18. The van der Waals surface area contributed by atoms with E-state index in [1.54, 1.807) is 0 Å². The standard InChI is InChI=1S/C15H19N5O2S/c1-7-4-5-10(13(21)8(7)2)11-6-12(19-18-11)14(22)16-15-20-17-9(3)23-15/h4-5,11-12,18-19,21H,6H2,1-3H3,(H,16,20,22). The number of phenolic OH excluding ortho intramolecular Hbond substituents is 1. The minimum Gasteiger partial charge on any atom is -0.507 e. The molecule has 1 saturated heterocycles. The number of anilines is 1. The molecule has 23 heavy (non-hydrogen) atoms. The average Bonchev–Trinajstić information content (AvgIpc) is 3.14. The van der Waals surface area contributed by atoms with Gasteiger partial charge in [-0.05, 0) is 38.3 Å². The fraction of sp³-hybridized carbons (Fsp3) is 0.400. The monoisotopic (exact) mass is 333 g/mol. The van der Waals surface area contributed by atoms with Crippen LogP contribution in [0.1, 0.15) is 34.2 Å². The van der Waals surface area contributed by atoms with Crippen molar-refractivity contribution in [2.24, 2.45) is 0 Å². The first-order valence-electron chi connectivity index (χ1n) is 7.37. The van der Waals surface area contributed by atoms with E-state index in [0.29, 0.717) is 11.6 Å². The largest absolute Gasteiger partial charge is 0.507 e. The second-order valence-corrected chi connectivity index (χ2v) is 6.87. The minimum absolute atomic E-state index is 0.124. The maximum Gasteiger partial charge on any atom is 0.244 e. The fourth-order valence-electron chi connectivity index (χ4n) is 2.57. The molecule has 2 aromatic rings. The van der Waals surface area contributed by atoms with Gasteiger partial charge in [0.2, 0.25) is 11.0 Å². The molecule has 1 aromatic carbocycles. The van der Waals surface area contributed by atoms with Crippen LogP contribution >= 0.6 is 11.3 Å². The third kappa shape index (κ3) is 3.19. The number of nitrogens with one attached hydrogen (secondary N) is 3. The Morgan fingerprint density at radius 3 is 2.78 bits per heavy atom. The highest BCUT2D eigenvalue weighted by Crippen LogP contribution is 2.33. The normalized spacial score (nSPS) is 20.7. The molecule has 2 atom stereocenters. The number of nitrogens with zero attached hydrogens (tertiary/aromatic N) is 2. The van der Waals surface area contributed by atoms with Crippen LogP contribution in [0.15, 0.2) is 12.1 Å². The average molecular weight is 333 g/mol. The summed E-state index contributed by atoms with van der Waals surface area (Å²) in [7, 11) is 0. The van der Waals surface area contributed by atoms with Crippen LogP contribution in [0.2, 0.25) is 0 Å². The molecule has 1 aromatic heterocycles. The van der Waals surface area contributed by atoms with Crippen LogP contribution in [0.5, 0.6) is 5.75 Å². The molecule has 122 valence electrons. The van der Waals surface area contributed by atoms with E-state index in [1.807, 2.05) is 32.9 Å². The molecule has 2 heterocycles. The summed E-state index contributed by atoms with van der Waals surface area (Å²) in [5, 5.41) is 22.1. The molecule has 1 aliphatic rings. The van der Waals surface area contributed by atoms with E-state index in [9.17, 15) is 9.90 Å². The minimum atomic E-state index is -0.398. The van der Waals surface area contributed by atoms with E-state index in [4.69, 9.17) is 0 Å². The number of aromatic hydroxyl groups is 1. The van der Waals surface area contributed by atoms with Crippen molar-refractivity contribution < 1.29 is 9.90 Å². The lowest BCUT2D eigenvalue weighted by Crippen LogP contribution is -2.39. The topological polar surface area (TPSA) is 99.2 Å². The zero-order chi connectivity index (χ0) is 16.6. The second-order valence-electron chi connectivity index (χ2n) is 5.69. The number of aromatic nitrogens is 2. The molecule has 1 aliphatic heterocycles. The highest BCUT2D eigenvalue weighted by atomic mass is 32.1. The Balaban J connectivity index is 1.69. The molecular weight excluding hydrogens is 314 g/mol. The molecule has 7 nitrogen and oxygen atoms in total. The molecule has 4 N–H and O–H groups in total. The second kappa shape index (κ2) is 6.23. The summed E-state index contributed by atoms with van der Waals surface area (Å²) in [5.41, 5.74) is 8.75. The predicted molar refractivity (Wildman–Crippen MR) is 88.3 cm³/mol. The molecule has 0 aliphatic carbocycles. The van der Waals surface area contributed by atoms with E-state index in [0.717, 1.165) is 21.7 Å². The van der Waals surface area contributed by atoms with E-state index < -0.39 is 6.04 Å². The van der Waals surface area contributed by atoms with Crippen LogP contribution in [0.25, 0.3) is 0 Å². The van der Waals surface area contributed by atoms with E-state index in [1.165, 1.54) is 11.3 Å². The van der Waals surface area contributed by atoms with Crippen LogP contribution in [0.3, 0.4) is 0 Å². The summed E-state index contributed by atoms with van der Waals surface area (Å²) in [4.78, 5) is 12.3. The Kier molecular flexibility index (Phi) is 4.29. The van der Waals surface area contributed by atoms with E-state index in [2.05, 4.69) is 26.4 Å². The van der Waals surface area contributed by atoms with Crippen molar-refractivity contribution in [3.05, 3.63) is 33.8 Å². The summed E-state index contributed by atoms with van der Waals surface area (Å²) < 4.78 is 0. The quantitative estimate of drug-likeness (QED) is 0.682. The summed E-state index contributed by atoms with van der Waals surface area (Å²) in [5.74, 6) is 0.115. The number of amides is 1. The molecule has 1 fully saturated rings. The van der Waals surface area contributed by atoms with Gasteiger partial charge in [-0.3, -0.25) is 10.1 Å². The molecule has 0 spiro atoms. The molecule has 3 rings (SSSR count). The van der Waals surface area contributed by atoms with Crippen molar-refractivity contribution in [1.29, 1.82) is 0 Å². The molecule has 2 unspecified atom stereocenters. The maximum absolute atomic E-state index is 12.3. The van der Waals surface area contributed by atoms with E-state index in [-0.39, 0.29) is 17.7 Å². The third-order valence-electron chi connectivity index (χ3n) is 4.08. The number of hydrogen-bond acceptors (Lipinski definition) is 7. The smallest absolute Gasteiger partial charge is 0.244 e. The summed E-state index contributed by atoms with van der Waals surface area (Å²) in [6.07, 6.45) is 0.541. The van der Waals surface area contributed by atoms with Crippen LogP contribution in [-0.4, -0.2) is 27.3 Å². The molecular formula is C15H19N5O2S. The lowest BCUT2D eigenvalue weighted by atomic mass is 9.96. The number of aryl methyl sites for hydroxylation is 2. The van der Waals surface area contributed by atoms with Gasteiger partial charge in [-0.25, -0.2) is 10.9 Å². The number of hydrazine groups is 1. The molecule has 0 bridgehead atoms. The number of hydrogen-bond donors (Lipinski definition) is 4. The summed E-state index contributed by atoms with van der Waals surface area (Å²) in [6, 6.07) is 3.35. The van der Waals surface area contributed by atoms with Crippen molar-refractivity contribution >= 4 is 22.4 Å². The van der Waals surface area contributed by atoms with Gasteiger partial charge < -0.3 is 5.11 Å². The highest BCUT2D eigenvalue weighted by molar-refractivity contribution is 7.15. The molecule has 1 amide bonds. The number of carbonyl (C=O) groups is 1. The Hall–Kier alpha value is -2.03. The van der Waals surface area contributed by atoms with Gasteiger partial charge in [0.15, 0.2) is 0 Å². The van der Waals surface area contributed by atoms with Gasteiger partial charge in [0.1, 0.15) is 16.8 Å². The zero-order valence-electron chi connectivity index (χ0n) is 13.2. The predicted octanol–water partition coefficient (Wildman–Crippen LogP) is 1.72. The van der Waals surface area contributed by atoms with Gasteiger partial charge in [-0.1, -0.05) is 23.5 Å². The van der Waals surface area contributed by atoms with Gasteiger partial charge in [0.05, 0.1) is 6.04 Å². The number of carbonyl (C=O) groups excluding carboxylic acids is 1. The van der Waals surface area contributed by atoms with Gasteiger partial charge in [-0.2, -0.15) is 0 Å². The van der Waals surface area contributed by atoms with Crippen molar-refractivity contribution in [2.45, 2.75) is 39.3 Å². The summed E-state index contributed by atoms with van der Waals surface area (Å²) >= 11 is 1.34. The number of phenols is 1. The van der Waals surface area contributed by atoms with Crippen LogP contribution in [0, 0.1) is 20.8 Å². The lowest BCUT2D eigenvalue weighted by molar-refractivity contribution is -0.117. The first-order chi connectivity index (χ1) is 11.0. The number of benzene rings is 1. The third-order valence-corrected chi connectivity index (χ3v) is 4.84. The Labute approximate surface area is 138 Å². The lowest BCUT2D eigenvalue weighted by Gasteiger charge is -2.14. The SMILES string of the molecule is Cc1nnc(NC(=O)C2CC(c3ccc(C)c(C)c3O)NN2)s1. The van der Waals surface area contributed by atoms with Crippen molar-refractivity contribution in [2.75, 3.05) is 5.32 Å². The summed E-state index contributed by atoms with van der Waals surface area (Å²) in [6.45, 7) is 5.68. The van der Waals surface area contributed by atoms with Gasteiger partial charge in [-0.15, -0.1) is 10.2 Å². The van der Waals surface area contributed by atoms with E-state index >= 15 is 0 Å². The fourth-order valence-corrected chi connectivity index (χ4v) is 3.17. The van der Waals surface area contributed by atoms with Crippen LogP contribution in [-0.2, 0) is 4.79 Å². The van der Waals surface area contributed by atoms with Crippen molar-refractivity contribution in [3.8, 4) is 5.75 Å². The van der Waals surface area contributed by atoms with Gasteiger partial charge >= 0.3 is 0 Å². The number of rotatable bonds is 3. The molecule has 8 heteroatoms.